The van der Waals surface area contributed by atoms with Crippen LogP contribution in [0.3, 0.4) is 0 Å². The minimum Gasteiger partial charge on any atom is -1.00 e. The number of carbonyl (C=O) groups is 2. The molecule has 0 bridgehead atoms. The van der Waals surface area contributed by atoms with Crippen molar-refractivity contribution < 1.29 is 26.6 Å². The number of rotatable bonds is 5. The van der Waals surface area contributed by atoms with Gasteiger partial charge in [-0.05, 0) is 54.6 Å². The first-order valence-electron chi connectivity index (χ1n) is 8.11. The molecule has 1 heterocycles. The van der Waals surface area contributed by atoms with Crippen molar-refractivity contribution in [2.24, 2.45) is 0 Å². The molecule has 2 N–H and O–H groups in total. The summed E-state index contributed by atoms with van der Waals surface area (Å²) >= 11 is 11.7. The van der Waals surface area contributed by atoms with Crippen LogP contribution >= 0.6 is 23.2 Å². The Hall–Kier alpha value is -2.60. The van der Waals surface area contributed by atoms with Gasteiger partial charge in [0.2, 0.25) is 6.54 Å². The molecule has 2 amide bonds. The first-order chi connectivity index (χ1) is 13.0. The summed E-state index contributed by atoms with van der Waals surface area (Å²) in [5.41, 5.74) is 1.73. The van der Waals surface area contributed by atoms with E-state index in [2.05, 4.69) is 10.6 Å². The van der Waals surface area contributed by atoms with Crippen LogP contribution in [0.25, 0.3) is 0 Å². The summed E-state index contributed by atoms with van der Waals surface area (Å²) < 4.78 is 1.64. The van der Waals surface area contributed by atoms with Crippen molar-refractivity contribution in [3.05, 3.63) is 88.7 Å². The monoisotopic (exact) mass is 435 g/mol. The molecule has 28 heavy (non-hydrogen) atoms. The Balaban J connectivity index is 0.00000280. The Bertz CT molecular complexity index is 961. The van der Waals surface area contributed by atoms with E-state index >= 15 is 0 Å². The van der Waals surface area contributed by atoms with Gasteiger partial charge in [0.1, 0.15) is 5.56 Å². The largest absolute Gasteiger partial charge is 1.00 e. The molecule has 1 aromatic heterocycles. The molecule has 0 aliphatic rings. The lowest BCUT2D eigenvalue weighted by molar-refractivity contribution is -0.684. The van der Waals surface area contributed by atoms with Crippen LogP contribution in [0.15, 0.2) is 73.1 Å². The van der Waals surface area contributed by atoms with E-state index < -0.39 is 0 Å². The van der Waals surface area contributed by atoms with Crippen LogP contribution in [0, 0.1) is 0 Å². The minimum absolute atomic E-state index is 0. The van der Waals surface area contributed by atoms with Gasteiger partial charge in [-0.2, -0.15) is 4.57 Å². The van der Waals surface area contributed by atoms with Crippen molar-refractivity contribution >= 4 is 46.4 Å². The summed E-state index contributed by atoms with van der Waals surface area (Å²) in [6.07, 6.45) is 3.34. The SMILES string of the molecule is O=C(C[n+]1cccc(C(=O)Nc2ccc(Cl)cc2)c1)Nc1ccc(Cl)cc1.[Cl-]. The topological polar surface area (TPSA) is 62.1 Å². The zero-order valence-corrected chi connectivity index (χ0v) is 16.8. The van der Waals surface area contributed by atoms with Gasteiger partial charge in [0.25, 0.3) is 11.8 Å². The third-order valence-corrected chi connectivity index (χ3v) is 4.18. The second-order valence-electron chi connectivity index (χ2n) is 5.78. The second-order valence-corrected chi connectivity index (χ2v) is 6.65. The molecule has 0 saturated carbocycles. The highest BCUT2D eigenvalue weighted by Crippen LogP contribution is 2.14. The molecular weight excluding hydrogens is 421 g/mol. The van der Waals surface area contributed by atoms with Crippen LogP contribution < -0.4 is 27.6 Å². The number of hydrogen-bond acceptors (Lipinski definition) is 2. The first-order valence-corrected chi connectivity index (χ1v) is 8.87. The maximum absolute atomic E-state index is 12.4. The molecule has 0 saturated heterocycles. The van der Waals surface area contributed by atoms with Crippen molar-refractivity contribution in [2.45, 2.75) is 6.54 Å². The Kier molecular flexibility index (Phi) is 7.81. The number of pyridine rings is 1. The summed E-state index contributed by atoms with van der Waals surface area (Å²) in [6.45, 7) is 0.0741. The number of benzene rings is 2. The van der Waals surface area contributed by atoms with Gasteiger partial charge in [-0.15, -0.1) is 0 Å². The fourth-order valence-electron chi connectivity index (χ4n) is 2.39. The van der Waals surface area contributed by atoms with Gasteiger partial charge in [0.15, 0.2) is 12.4 Å². The Morgan fingerprint density at radius 1 is 0.821 bits per heavy atom. The van der Waals surface area contributed by atoms with Crippen molar-refractivity contribution in [3.63, 3.8) is 0 Å². The quantitative estimate of drug-likeness (QED) is 0.590. The smallest absolute Gasteiger partial charge is 0.290 e. The molecule has 5 nitrogen and oxygen atoms in total. The zero-order chi connectivity index (χ0) is 19.2. The third kappa shape index (κ3) is 6.23. The first kappa shape index (κ1) is 21.7. The van der Waals surface area contributed by atoms with E-state index in [1.807, 2.05) is 0 Å². The highest BCUT2D eigenvalue weighted by molar-refractivity contribution is 6.31. The molecule has 0 atom stereocenters. The molecule has 144 valence electrons. The van der Waals surface area contributed by atoms with Crippen molar-refractivity contribution in [3.8, 4) is 0 Å². The number of nitrogens with zero attached hydrogens (tertiary/aromatic N) is 1. The molecule has 0 aliphatic carbocycles. The van der Waals surface area contributed by atoms with Gasteiger partial charge in [-0.3, -0.25) is 9.59 Å². The molecular formula is C20H16Cl3N3O2. The predicted octanol–water partition coefficient (Wildman–Crippen LogP) is 1.18. The van der Waals surface area contributed by atoms with E-state index in [4.69, 9.17) is 23.2 Å². The molecule has 3 rings (SSSR count). The van der Waals surface area contributed by atoms with Crippen LogP contribution in [-0.2, 0) is 11.3 Å². The molecule has 0 radical (unpaired) electrons. The van der Waals surface area contributed by atoms with E-state index in [1.165, 1.54) is 0 Å². The maximum atomic E-state index is 12.4. The fourth-order valence-corrected chi connectivity index (χ4v) is 2.64. The third-order valence-electron chi connectivity index (χ3n) is 3.68. The Morgan fingerprint density at radius 2 is 1.36 bits per heavy atom. The van der Waals surface area contributed by atoms with E-state index in [-0.39, 0.29) is 30.8 Å². The fraction of sp³-hybridized carbons (Fsp3) is 0.0500. The zero-order valence-electron chi connectivity index (χ0n) is 14.5. The van der Waals surface area contributed by atoms with E-state index in [0.29, 0.717) is 27.0 Å². The molecule has 0 unspecified atom stereocenters. The number of nitrogens with one attached hydrogen (secondary N) is 2. The predicted molar refractivity (Wildman–Crippen MR) is 106 cm³/mol. The van der Waals surface area contributed by atoms with Gasteiger partial charge >= 0.3 is 0 Å². The lowest BCUT2D eigenvalue weighted by Crippen LogP contribution is -3.00. The van der Waals surface area contributed by atoms with Crippen molar-refractivity contribution in [1.82, 2.24) is 0 Å². The Labute approximate surface area is 178 Å². The summed E-state index contributed by atoms with van der Waals surface area (Å²) in [4.78, 5) is 24.6. The molecule has 3 aromatic rings. The number of hydrogen-bond donors (Lipinski definition) is 2. The van der Waals surface area contributed by atoms with Gasteiger partial charge < -0.3 is 23.0 Å². The van der Waals surface area contributed by atoms with Crippen LogP contribution in [0.5, 0.6) is 0 Å². The van der Waals surface area contributed by atoms with Crippen molar-refractivity contribution in [1.29, 1.82) is 0 Å². The number of halogens is 3. The normalized spacial score (nSPS) is 9.93. The summed E-state index contributed by atoms with van der Waals surface area (Å²) in [5.74, 6) is -0.484. The Morgan fingerprint density at radius 3 is 1.93 bits per heavy atom. The van der Waals surface area contributed by atoms with Crippen LogP contribution in [0.2, 0.25) is 10.0 Å². The molecule has 0 spiro atoms. The van der Waals surface area contributed by atoms with E-state index in [9.17, 15) is 9.59 Å². The average Bonchev–Trinajstić information content (AvgIpc) is 2.65. The highest BCUT2D eigenvalue weighted by atomic mass is 35.5. The second kappa shape index (κ2) is 10.1. The van der Waals surface area contributed by atoms with Crippen LogP contribution in [0.4, 0.5) is 11.4 Å². The van der Waals surface area contributed by atoms with Gasteiger partial charge in [-0.25, -0.2) is 0 Å². The number of carbonyl (C=O) groups excluding carboxylic acids is 2. The van der Waals surface area contributed by atoms with E-state index in [1.54, 1.807) is 77.6 Å². The number of aromatic nitrogens is 1. The molecule has 2 aromatic carbocycles. The molecule has 0 aliphatic heterocycles. The number of amides is 2. The van der Waals surface area contributed by atoms with Crippen LogP contribution in [0.1, 0.15) is 10.4 Å². The number of anilines is 2. The van der Waals surface area contributed by atoms with Gasteiger partial charge in [-0.1, -0.05) is 23.2 Å². The minimum atomic E-state index is -0.273. The maximum Gasteiger partial charge on any atom is 0.290 e. The van der Waals surface area contributed by atoms with E-state index in [0.717, 1.165) is 0 Å². The summed E-state index contributed by atoms with van der Waals surface area (Å²) in [5, 5.41) is 6.76. The van der Waals surface area contributed by atoms with Crippen molar-refractivity contribution in [2.75, 3.05) is 10.6 Å². The lowest BCUT2D eigenvalue weighted by Gasteiger charge is -2.05. The summed E-state index contributed by atoms with van der Waals surface area (Å²) in [7, 11) is 0. The van der Waals surface area contributed by atoms with Gasteiger partial charge in [0.05, 0.1) is 0 Å². The lowest BCUT2D eigenvalue weighted by atomic mass is 10.2. The highest BCUT2D eigenvalue weighted by Gasteiger charge is 2.14. The van der Waals surface area contributed by atoms with Crippen LogP contribution in [-0.4, -0.2) is 11.8 Å². The average molecular weight is 437 g/mol. The standard InChI is InChI=1S/C20H15Cl2N3O2.ClH/c21-15-3-7-17(8-4-15)23-19(26)13-25-11-1-2-14(12-25)20(27)24-18-9-5-16(22)6-10-18;/h1-12H,13H2,(H-,23,24,26,27);1H. The molecule has 8 heteroatoms. The molecule has 0 fully saturated rings. The summed E-state index contributed by atoms with van der Waals surface area (Å²) in [6, 6.07) is 17.1. The van der Waals surface area contributed by atoms with Gasteiger partial charge in [0, 0.05) is 27.5 Å².